The number of benzene rings is 1. The van der Waals surface area contributed by atoms with E-state index >= 15 is 0 Å². The topological polar surface area (TPSA) is 24.9 Å². The third-order valence-electron chi connectivity index (χ3n) is 3.10. The number of nitrogens with zero attached hydrogens (tertiary/aromatic N) is 1. The highest BCUT2D eigenvalue weighted by molar-refractivity contribution is 7.21. The molecule has 2 aromatic heterocycles. The van der Waals surface area contributed by atoms with Crippen LogP contribution in [0.15, 0.2) is 48.0 Å². The standard InChI is InChI=1S/C16H15ClN2S2/c17-13-5-3-12(4-6-13)7-8-18-11-16-19-10-15(21-16)14-2-1-9-20-14/h1-6,9-10,18H,7-8,11H2. The number of thiazole rings is 1. The van der Waals surface area contributed by atoms with Gasteiger partial charge in [0, 0.05) is 22.6 Å². The molecule has 0 radical (unpaired) electrons. The molecule has 0 amide bonds. The lowest BCUT2D eigenvalue weighted by atomic mass is 10.1. The summed E-state index contributed by atoms with van der Waals surface area (Å²) in [5.41, 5.74) is 1.30. The Labute approximate surface area is 137 Å². The molecule has 0 spiro atoms. The molecular weight excluding hydrogens is 320 g/mol. The minimum absolute atomic E-state index is 0.788. The van der Waals surface area contributed by atoms with Crippen molar-refractivity contribution in [2.24, 2.45) is 0 Å². The number of nitrogens with one attached hydrogen (secondary N) is 1. The molecule has 0 fully saturated rings. The average Bonchev–Trinajstić information content (AvgIpc) is 3.16. The highest BCUT2D eigenvalue weighted by atomic mass is 35.5. The van der Waals surface area contributed by atoms with Gasteiger partial charge < -0.3 is 5.32 Å². The van der Waals surface area contributed by atoms with Crippen LogP contribution in [0.5, 0.6) is 0 Å². The number of rotatable bonds is 6. The molecule has 0 bridgehead atoms. The first-order chi connectivity index (χ1) is 10.3. The summed E-state index contributed by atoms with van der Waals surface area (Å²) in [5.74, 6) is 0. The Morgan fingerprint density at radius 3 is 2.71 bits per heavy atom. The van der Waals surface area contributed by atoms with Gasteiger partial charge in [-0.2, -0.15) is 0 Å². The van der Waals surface area contributed by atoms with Crippen molar-refractivity contribution in [1.29, 1.82) is 0 Å². The lowest BCUT2D eigenvalue weighted by molar-refractivity contribution is 0.684. The lowest BCUT2D eigenvalue weighted by Gasteiger charge is -2.03. The van der Waals surface area contributed by atoms with E-state index in [1.165, 1.54) is 15.3 Å². The quantitative estimate of drug-likeness (QED) is 0.651. The minimum atomic E-state index is 0.788. The molecule has 0 saturated heterocycles. The summed E-state index contributed by atoms with van der Waals surface area (Å²) in [6, 6.07) is 12.2. The maximum Gasteiger partial charge on any atom is 0.107 e. The molecule has 0 atom stereocenters. The summed E-state index contributed by atoms with van der Waals surface area (Å²) < 4.78 is 0. The molecule has 0 aliphatic heterocycles. The van der Waals surface area contributed by atoms with Gasteiger partial charge in [-0.15, -0.1) is 22.7 Å². The molecule has 2 nitrogen and oxygen atoms in total. The van der Waals surface area contributed by atoms with Gasteiger partial charge in [0.2, 0.25) is 0 Å². The van der Waals surface area contributed by atoms with E-state index < -0.39 is 0 Å². The lowest BCUT2D eigenvalue weighted by Crippen LogP contribution is -2.16. The van der Waals surface area contributed by atoms with Crippen LogP contribution in [0.3, 0.4) is 0 Å². The van der Waals surface area contributed by atoms with E-state index in [1.807, 2.05) is 18.3 Å². The molecule has 0 saturated carbocycles. The largest absolute Gasteiger partial charge is 0.310 e. The molecule has 1 aromatic carbocycles. The van der Waals surface area contributed by atoms with Crippen LogP contribution >= 0.6 is 34.3 Å². The summed E-state index contributed by atoms with van der Waals surface area (Å²) in [4.78, 5) is 7.01. The summed E-state index contributed by atoms with van der Waals surface area (Å²) in [6.45, 7) is 1.76. The molecular formula is C16H15ClN2S2. The van der Waals surface area contributed by atoms with Crippen molar-refractivity contribution in [1.82, 2.24) is 10.3 Å². The molecule has 1 N–H and O–H groups in total. The van der Waals surface area contributed by atoms with Crippen LogP contribution in [-0.4, -0.2) is 11.5 Å². The van der Waals surface area contributed by atoms with Gasteiger partial charge in [-0.05, 0) is 42.1 Å². The van der Waals surface area contributed by atoms with Crippen LogP contribution in [0.25, 0.3) is 9.75 Å². The van der Waals surface area contributed by atoms with E-state index in [0.29, 0.717) is 0 Å². The average molecular weight is 335 g/mol. The predicted molar refractivity (Wildman–Crippen MR) is 92.3 cm³/mol. The van der Waals surface area contributed by atoms with E-state index in [9.17, 15) is 0 Å². The van der Waals surface area contributed by atoms with Gasteiger partial charge in [-0.1, -0.05) is 29.8 Å². The second kappa shape index (κ2) is 7.18. The first-order valence-electron chi connectivity index (χ1n) is 6.75. The molecule has 5 heteroatoms. The summed E-state index contributed by atoms with van der Waals surface area (Å²) in [5, 5.41) is 7.46. The Morgan fingerprint density at radius 2 is 1.95 bits per heavy atom. The van der Waals surface area contributed by atoms with Gasteiger partial charge in [0.1, 0.15) is 5.01 Å². The van der Waals surface area contributed by atoms with Crippen LogP contribution in [0.1, 0.15) is 10.6 Å². The summed E-state index contributed by atoms with van der Waals surface area (Å²) >= 11 is 9.39. The fourth-order valence-corrected chi connectivity index (χ4v) is 3.84. The normalized spacial score (nSPS) is 10.9. The zero-order chi connectivity index (χ0) is 14.5. The first-order valence-corrected chi connectivity index (χ1v) is 8.82. The van der Waals surface area contributed by atoms with Gasteiger partial charge >= 0.3 is 0 Å². The van der Waals surface area contributed by atoms with E-state index in [-0.39, 0.29) is 0 Å². The van der Waals surface area contributed by atoms with Crippen LogP contribution in [0.4, 0.5) is 0 Å². The van der Waals surface area contributed by atoms with Crippen molar-refractivity contribution < 1.29 is 0 Å². The van der Waals surface area contributed by atoms with Gasteiger partial charge in [0.25, 0.3) is 0 Å². The van der Waals surface area contributed by atoms with Crippen molar-refractivity contribution in [3.8, 4) is 9.75 Å². The molecule has 0 aliphatic rings. The fourth-order valence-electron chi connectivity index (χ4n) is 2.00. The zero-order valence-electron chi connectivity index (χ0n) is 11.4. The number of hydrogen-bond acceptors (Lipinski definition) is 4. The van der Waals surface area contributed by atoms with E-state index in [4.69, 9.17) is 11.6 Å². The highest BCUT2D eigenvalue weighted by Gasteiger charge is 2.04. The molecule has 3 rings (SSSR count). The van der Waals surface area contributed by atoms with Crippen LogP contribution < -0.4 is 5.32 Å². The summed E-state index contributed by atoms with van der Waals surface area (Å²) in [7, 11) is 0. The van der Waals surface area contributed by atoms with E-state index in [0.717, 1.165) is 29.5 Å². The fraction of sp³-hybridized carbons (Fsp3) is 0.188. The van der Waals surface area contributed by atoms with Crippen LogP contribution in [0.2, 0.25) is 5.02 Å². The number of hydrogen-bond donors (Lipinski definition) is 1. The van der Waals surface area contributed by atoms with Crippen LogP contribution in [-0.2, 0) is 13.0 Å². The van der Waals surface area contributed by atoms with Gasteiger partial charge in [0.05, 0.1) is 4.88 Å². The van der Waals surface area contributed by atoms with Crippen molar-refractivity contribution in [3.63, 3.8) is 0 Å². The third kappa shape index (κ3) is 4.14. The number of halogens is 1. The van der Waals surface area contributed by atoms with Crippen molar-refractivity contribution >= 4 is 34.3 Å². The molecule has 2 heterocycles. The number of thiophene rings is 1. The second-order valence-corrected chi connectivity index (χ2v) is 7.15. The van der Waals surface area contributed by atoms with Gasteiger partial charge in [0.15, 0.2) is 0 Å². The minimum Gasteiger partial charge on any atom is -0.310 e. The Kier molecular flexibility index (Phi) is 5.04. The smallest absolute Gasteiger partial charge is 0.107 e. The Balaban J connectivity index is 1.46. The Morgan fingerprint density at radius 1 is 1.10 bits per heavy atom. The van der Waals surface area contributed by atoms with Crippen LogP contribution in [0, 0.1) is 0 Å². The predicted octanol–water partition coefficient (Wildman–Crippen LogP) is 4.86. The third-order valence-corrected chi connectivity index (χ3v) is 5.41. The Bertz CT molecular complexity index is 675. The van der Waals surface area contributed by atoms with Crippen molar-refractivity contribution in [2.45, 2.75) is 13.0 Å². The van der Waals surface area contributed by atoms with Crippen molar-refractivity contribution in [3.05, 3.63) is 63.6 Å². The van der Waals surface area contributed by atoms with E-state index in [2.05, 4.69) is 39.9 Å². The first kappa shape index (κ1) is 14.7. The second-order valence-electron chi connectivity index (χ2n) is 4.65. The molecule has 0 aliphatic carbocycles. The molecule has 3 aromatic rings. The Hall–Kier alpha value is -1.20. The van der Waals surface area contributed by atoms with E-state index in [1.54, 1.807) is 22.7 Å². The summed E-state index contributed by atoms with van der Waals surface area (Å²) in [6.07, 6.45) is 2.97. The zero-order valence-corrected chi connectivity index (χ0v) is 13.8. The van der Waals surface area contributed by atoms with Gasteiger partial charge in [-0.25, -0.2) is 4.98 Å². The molecule has 21 heavy (non-hydrogen) atoms. The monoisotopic (exact) mass is 334 g/mol. The highest BCUT2D eigenvalue weighted by Crippen LogP contribution is 2.29. The SMILES string of the molecule is Clc1ccc(CCNCc2ncc(-c3cccs3)s2)cc1. The number of aromatic nitrogens is 1. The maximum absolute atomic E-state index is 5.88. The van der Waals surface area contributed by atoms with Gasteiger partial charge in [-0.3, -0.25) is 0 Å². The molecule has 0 unspecified atom stereocenters. The van der Waals surface area contributed by atoms with Crippen molar-refractivity contribution in [2.75, 3.05) is 6.54 Å². The molecule has 108 valence electrons. The maximum atomic E-state index is 5.88.